The molecule has 0 bridgehead atoms. The summed E-state index contributed by atoms with van der Waals surface area (Å²) >= 11 is 0. The normalized spacial score (nSPS) is 18.6. The fourth-order valence-electron chi connectivity index (χ4n) is 3.18. The zero-order chi connectivity index (χ0) is 15.4. The van der Waals surface area contributed by atoms with Gasteiger partial charge >= 0.3 is 0 Å². The van der Waals surface area contributed by atoms with E-state index < -0.39 is 0 Å². The highest BCUT2D eigenvalue weighted by molar-refractivity contribution is 5.51. The molecule has 0 spiro atoms. The maximum Gasteiger partial charge on any atom is 0.221 e. The van der Waals surface area contributed by atoms with Gasteiger partial charge < -0.3 is 14.5 Å². The van der Waals surface area contributed by atoms with Crippen LogP contribution in [0.4, 0.5) is 5.82 Å². The van der Waals surface area contributed by atoms with Gasteiger partial charge in [-0.15, -0.1) is 0 Å². The molecule has 0 N–H and O–H groups in total. The minimum Gasteiger partial charge on any atom is -0.481 e. The van der Waals surface area contributed by atoms with Crippen LogP contribution < -0.4 is 9.64 Å². The van der Waals surface area contributed by atoms with Gasteiger partial charge in [0, 0.05) is 19.6 Å². The second kappa shape index (κ2) is 7.07. The third kappa shape index (κ3) is 3.84. The predicted molar refractivity (Wildman–Crippen MR) is 86.2 cm³/mol. The molecular formula is C16H28N4O. The number of hydrogen-bond acceptors (Lipinski definition) is 5. The van der Waals surface area contributed by atoms with E-state index >= 15 is 0 Å². The van der Waals surface area contributed by atoms with E-state index in [1.807, 2.05) is 13.8 Å². The number of aryl methyl sites for hydroxylation is 1. The third-order valence-corrected chi connectivity index (χ3v) is 4.14. The minimum absolute atomic E-state index is 0.698. The average Bonchev–Trinajstić information content (AvgIpc) is 2.89. The van der Waals surface area contributed by atoms with Gasteiger partial charge in [0.15, 0.2) is 0 Å². The molecule has 1 unspecified atom stereocenters. The van der Waals surface area contributed by atoms with Crippen molar-refractivity contribution in [3.63, 3.8) is 0 Å². The van der Waals surface area contributed by atoms with Crippen LogP contribution in [-0.4, -0.2) is 55.2 Å². The molecule has 0 aliphatic carbocycles. The molecule has 1 aromatic rings. The second-order valence-electron chi connectivity index (χ2n) is 6.09. The number of nitrogens with zero attached hydrogens (tertiary/aromatic N) is 4. The largest absolute Gasteiger partial charge is 0.481 e. The Balaban J connectivity index is 2.06. The lowest BCUT2D eigenvalue weighted by Gasteiger charge is -2.23. The molecule has 1 aliphatic heterocycles. The monoisotopic (exact) mass is 292 g/mol. The van der Waals surface area contributed by atoms with Crippen LogP contribution in [0.25, 0.3) is 0 Å². The number of ether oxygens (including phenoxy) is 1. The molecule has 0 radical (unpaired) electrons. The van der Waals surface area contributed by atoms with E-state index in [1.165, 1.54) is 25.9 Å². The Hall–Kier alpha value is -1.36. The summed E-state index contributed by atoms with van der Waals surface area (Å²) < 4.78 is 5.36. The molecule has 1 fully saturated rings. The molecule has 2 heterocycles. The summed E-state index contributed by atoms with van der Waals surface area (Å²) in [6.45, 7) is 10.7. The van der Waals surface area contributed by atoms with Crippen molar-refractivity contribution in [2.24, 2.45) is 5.92 Å². The summed E-state index contributed by atoms with van der Waals surface area (Å²) in [5.41, 5.74) is 1.05. The summed E-state index contributed by atoms with van der Waals surface area (Å²) in [6, 6.07) is 0. The van der Waals surface area contributed by atoms with Gasteiger partial charge in [-0.2, -0.15) is 4.98 Å². The molecule has 1 aliphatic rings. The summed E-state index contributed by atoms with van der Waals surface area (Å²) in [7, 11) is 3.89. The van der Waals surface area contributed by atoms with Gasteiger partial charge in [0.1, 0.15) is 11.6 Å². The van der Waals surface area contributed by atoms with Crippen LogP contribution in [0.5, 0.6) is 5.88 Å². The Morgan fingerprint density at radius 3 is 2.76 bits per heavy atom. The fourth-order valence-corrected chi connectivity index (χ4v) is 3.18. The number of aromatic nitrogens is 2. The smallest absolute Gasteiger partial charge is 0.221 e. The standard InChI is InChI=1S/C16H28N4O/c1-6-8-19(4)10-14-7-9-20(11-14)15-12(2)16(21-5)18-13(3)17-15/h14H,6-11H2,1-5H3. The fraction of sp³-hybridized carbons (Fsp3) is 0.750. The Kier molecular flexibility index (Phi) is 5.39. The van der Waals surface area contributed by atoms with Gasteiger partial charge in [-0.1, -0.05) is 6.92 Å². The number of hydrogen-bond donors (Lipinski definition) is 0. The van der Waals surface area contributed by atoms with Crippen LogP contribution in [0, 0.1) is 19.8 Å². The van der Waals surface area contributed by atoms with Crippen molar-refractivity contribution >= 4 is 5.82 Å². The SMILES string of the molecule is CCCN(C)CC1CCN(c2nc(C)nc(OC)c2C)C1. The Morgan fingerprint density at radius 2 is 2.10 bits per heavy atom. The maximum absolute atomic E-state index is 5.36. The molecule has 1 atom stereocenters. The number of anilines is 1. The first-order valence-electron chi connectivity index (χ1n) is 7.87. The maximum atomic E-state index is 5.36. The van der Waals surface area contributed by atoms with Crippen molar-refractivity contribution in [3.05, 3.63) is 11.4 Å². The van der Waals surface area contributed by atoms with Crippen LogP contribution in [-0.2, 0) is 0 Å². The topological polar surface area (TPSA) is 41.5 Å². The van der Waals surface area contributed by atoms with Crippen LogP contribution in [0.15, 0.2) is 0 Å². The van der Waals surface area contributed by atoms with E-state index in [0.29, 0.717) is 5.88 Å². The summed E-state index contributed by atoms with van der Waals surface area (Å²) in [4.78, 5) is 13.8. The summed E-state index contributed by atoms with van der Waals surface area (Å²) in [5.74, 6) is 3.24. The minimum atomic E-state index is 0.698. The zero-order valence-corrected chi connectivity index (χ0v) is 14.0. The molecule has 118 valence electrons. The van der Waals surface area contributed by atoms with Crippen molar-refractivity contribution in [2.75, 3.05) is 45.2 Å². The highest BCUT2D eigenvalue weighted by atomic mass is 16.5. The van der Waals surface area contributed by atoms with Crippen LogP contribution in [0.3, 0.4) is 0 Å². The van der Waals surface area contributed by atoms with Crippen molar-refractivity contribution in [1.29, 1.82) is 0 Å². The third-order valence-electron chi connectivity index (χ3n) is 4.14. The van der Waals surface area contributed by atoms with E-state index in [0.717, 1.165) is 36.2 Å². The first-order valence-corrected chi connectivity index (χ1v) is 7.87. The van der Waals surface area contributed by atoms with Crippen molar-refractivity contribution in [3.8, 4) is 5.88 Å². The van der Waals surface area contributed by atoms with E-state index in [4.69, 9.17) is 4.74 Å². The van der Waals surface area contributed by atoms with Crippen molar-refractivity contribution in [2.45, 2.75) is 33.6 Å². The lowest BCUT2D eigenvalue weighted by molar-refractivity contribution is 0.287. The molecule has 0 saturated carbocycles. The molecule has 1 aromatic heterocycles. The molecule has 1 saturated heterocycles. The van der Waals surface area contributed by atoms with Crippen LogP contribution in [0.1, 0.15) is 31.2 Å². The van der Waals surface area contributed by atoms with Gasteiger partial charge in [-0.25, -0.2) is 4.98 Å². The predicted octanol–water partition coefficient (Wildman–Crippen LogP) is 2.27. The van der Waals surface area contributed by atoms with Gasteiger partial charge in [-0.05, 0) is 46.2 Å². The van der Waals surface area contributed by atoms with E-state index in [2.05, 4.69) is 33.7 Å². The first-order chi connectivity index (χ1) is 10.0. The van der Waals surface area contributed by atoms with E-state index in [-0.39, 0.29) is 0 Å². The van der Waals surface area contributed by atoms with Crippen molar-refractivity contribution in [1.82, 2.24) is 14.9 Å². The molecule has 5 nitrogen and oxygen atoms in total. The van der Waals surface area contributed by atoms with E-state index in [9.17, 15) is 0 Å². The second-order valence-corrected chi connectivity index (χ2v) is 6.09. The number of rotatable bonds is 6. The molecule has 2 rings (SSSR count). The lowest BCUT2D eigenvalue weighted by Crippen LogP contribution is -2.29. The summed E-state index contributed by atoms with van der Waals surface area (Å²) in [6.07, 6.45) is 2.45. The van der Waals surface area contributed by atoms with Crippen molar-refractivity contribution < 1.29 is 4.74 Å². The molecule has 0 amide bonds. The Labute approximate surface area is 128 Å². The van der Waals surface area contributed by atoms with Gasteiger partial charge in [0.05, 0.1) is 12.7 Å². The first kappa shape index (κ1) is 16.0. The molecule has 21 heavy (non-hydrogen) atoms. The highest BCUT2D eigenvalue weighted by Crippen LogP contribution is 2.29. The summed E-state index contributed by atoms with van der Waals surface area (Å²) in [5, 5.41) is 0. The lowest BCUT2D eigenvalue weighted by atomic mass is 10.1. The number of methoxy groups -OCH3 is 1. The highest BCUT2D eigenvalue weighted by Gasteiger charge is 2.26. The molecular weight excluding hydrogens is 264 g/mol. The van der Waals surface area contributed by atoms with Gasteiger partial charge in [0.2, 0.25) is 5.88 Å². The van der Waals surface area contributed by atoms with Gasteiger partial charge in [0.25, 0.3) is 0 Å². The van der Waals surface area contributed by atoms with Crippen LogP contribution >= 0.6 is 0 Å². The molecule has 5 heteroatoms. The molecule has 0 aromatic carbocycles. The Morgan fingerprint density at radius 1 is 1.33 bits per heavy atom. The van der Waals surface area contributed by atoms with Crippen LogP contribution in [0.2, 0.25) is 0 Å². The average molecular weight is 292 g/mol. The zero-order valence-electron chi connectivity index (χ0n) is 14.0. The van der Waals surface area contributed by atoms with Gasteiger partial charge in [-0.3, -0.25) is 0 Å². The quantitative estimate of drug-likeness (QED) is 0.804. The Bertz CT molecular complexity index is 478. The van der Waals surface area contributed by atoms with E-state index in [1.54, 1.807) is 7.11 Å².